The van der Waals surface area contributed by atoms with E-state index in [1.54, 1.807) is 4.90 Å². The molecule has 18 heavy (non-hydrogen) atoms. The van der Waals surface area contributed by atoms with E-state index in [-0.39, 0.29) is 12.1 Å². The van der Waals surface area contributed by atoms with Crippen LogP contribution in [0.25, 0.3) is 0 Å². The predicted octanol–water partition coefficient (Wildman–Crippen LogP) is 1.84. The Morgan fingerprint density at radius 2 is 2.11 bits per heavy atom. The van der Waals surface area contributed by atoms with Crippen LogP contribution in [0, 0.1) is 11.3 Å². The second-order valence-corrected chi connectivity index (χ2v) is 5.72. The van der Waals surface area contributed by atoms with Crippen LogP contribution in [0.15, 0.2) is 0 Å². The van der Waals surface area contributed by atoms with Gasteiger partial charge >= 0.3 is 6.09 Å². The van der Waals surface area contributed by atoms with Gasteiger partial charge in [0.25, 0.3) is 0 Å². The molecule has 0 aliphatic carbocycles. The Balaban J connectivity index is 2.45. The molecule has 1 aliphatic rings. The lowest BCUT2D eigenvalue weighted by molar-refractivity contribution is 0.00612. The van der Waals surface area contributed by atoms with E-state index in [1.165, 1.54) is 0 Å². The van der Waals surface area contributed by atoms with Crippen molar-refractivity contribution in [2.75, 3.05) is 26.2 Å². The van der Waals surface area contributed by atoms with Gasteiger partial charge in [-0.3, -0.25) is 4.90 Å². The highest BCUT2D eigenvalue weighted by atomic mass is 16.6. The van der Waals surface area contributed by atoms with Crippen LogP contribution in [0.3, 0.4) is 0 Å². The second kappa shape index (κ2) is 6.05. The maximum absolute atomic E-state index is 11.9. The number of rotatable bonds is 2. The van der Waals surface area contributed by atoms with E-state index in [0.717, 1.165) is 13.1 Å². The average Bonchev–Trinajstić information content (AvgIpc) is 2.25. The number of amides is 1. The van der Waals surface area contributed by atoms with Crippen molar-refractivity contribution in [1.82, 2.24) is 9.80 Å². The van der Waals surface area contributed by atoms with Gasteiger partial charge in [0, 0.05) is 38.6 Å². The van der Waals surface area contributed by atoms with E-state index >= 15 is 0 Å². The minimum atomic E-state index is -0.446. The molecule has 0 aromatic heterocycles. The SMILES string of the molecule is C[C@@H]1CN(C(=O)OC(C)(C)C)CCN1CCC#N. The Bertz CT molecular complexity index is 330. The van der Waals surface area contributed by atoms with E-state index in [9.17, 15) is 4.79 Å². The summed E-state index contributed by atoms with van der Waals surface area (Å²) in [6, 6.07) is 2.43. The molecule has 0 bridgehead atoms. The maximum Gasteiger partial charge on any atom is 0.410 e. The largest absolute Gasteiger partial charge is 0.444 e. The minimum absolute atomic E-state index is 0.241. The number of hydrogen-bond acceptors (Lipinski definition) is 4. The molecule has 0 unspecified atom stereocenters. The first-order valence-corrected chi connectivity index (χ1v) is 6.42. The first-order chi connectivity index (χ1) is 8.33. The molecule has 0 aromatic carbocycles. The highest BCUT2D eigenvalue weighted by Gasteiger charge is 2.29. The number of piperazine rings is 1. The van der Waals surface area contributed by atoms with Crippen molar-refractivity contribution >= 4 is 6.09 Å². The zero-order valence-corrected chi connectivity index (χ0v) is 11.8. The molecule has 1 atom stereocenters. The summed E-state index contributed by atoms with van der Waals surface area (Å²) in [6.45, 7) is 10.6. The van der Waals surface area contributed by atoms with Crippen molar-refractivity contribution in [3.05, 3.63) is 0 Å². The molecule has 0 radical (unpaired) electrons. The van der Waals surface area contributed by atoms with Crippen molar-refractivity contribution in [2.45, 2.75) is 45.8 Å². The summed E-state index contributed by atoms with van der Waals surface area (Å²) in [5.41, 5.74) is -0.446. The van der Waals surface area contributed by atoms with Crippen molar-refractivity contribution in [1.29, 1.82) is 5.26 Å². The molecule has 0 N–H and O–H groups in total. The first kappa shape index (κ1) is 14.8. The topological polar surface area (TPSA) is 56.6 Å². The molecule has 1 fully saturated rings. The lowest BCUT2D eigenvalue weighted by Gasteiger charge is -2.39. The Morgan fingerprint density at radius 1 is 1.44 bits per heavy atom. The van der Waals surface area contributed by atoms with Crippen LogP contribution in [0.5, 0.6) is 0 Å². The van der Waals surface area contributed by atoms with Gasteiger partial charge in [-0.1, -0.05) is 0 Å². The Hall–Kier alpha value is -1.28. The third-order valence-corrected chi connectivity index (χ3v) is 2.93. The average molecular weight is 253 g/mol. The zero-order chi connectivity index (χ0) is 13.8. The summed E-state index contributed by atoms with van der Waals surface area (Å²) in [7, 11) is 0. The Morgan fingerprint density at radius 3 is 2.61 bits per heavy atom. The fourth-order valence-electron chi connectivity index (χ4n) is 2.01. The van der Waals surface area contributed by atoms with Crippen LogP contribution < -0.4 is 0 Å². The predicted molar refractivity (Wildman–Crippen MR) is 69.1 cm³/mol. The molecular weight excluding hydrogens is 230 g/mol. The van der Waals surface area contributed by atoms with Crippen LogP contribution in [0.1, 0.15) is 34.1 Å². The van der Waals surface area contributed by atoms with Crippen LogP contribution in [0.2, 0.25) is 0 Å². The van der Waals surface area contributed by atoms with Crippen LogP contribution in [-0.2, 0) is 4.74 Å². The van der Waals surface area contributed by atoms with Crippen LogP contribution >= 0.6 is 0 Å². The number of nitrogens with zero attached hydrogens (tertiary/aromatic N) is 3. The molecule has 0 spiro atoms. The van der Waals surface area contributed by atoms with Crippen molar-refractivity contribution in [3.63, 3.8) is 0 Å². The number of nitriles is 1. The quantitative estimate of drug-likeness (QED) is 0.753. The highest BCUT2D eigenvalue weighted by molar-refractivity contribution is 5.68. The Labute approximate surface area is 109 Å². The van der Waals surface area contributed by atoms with Gasteiger partial charge in [0.2, 0.25) is 0 Å². The van der Waals surface area contributed by atoms with Gasteiger partial charge in [0.1, 0.15) is 5.60 Å². The minimum Gasteiger partial charge on any atom is -0.444 e. The summed E-state index contributed by atoms with van der Waals surface area (Å²) in [4.78, 5) is 15.9. The molecule has 1 rings (SSSR count). The fourth-order valence-corrected chi connectivity index (χ4v) is 2.01. The van der Waals surface area contributed by atoms with E-state index in [1.807, 2.05) is 20.8 Å². The summed E-state index contributed by atoms with van der Waals surface area (Å²) in [6.07, 6.45) is 0.297. The molecule has 0 saturated carbocycles. The normalized spacial score (nSPS) is 21.5. The van der Waals surface area contributed by atoms with Gasteiger partial charge in [0.05, 0.1) is 6.07 Å². The molecule has 102 valence electrons. The second-order valence-electron chi connectivity index (χ2n) is 5.72. The lowest BCUT2D eigenvalue weighted by atomic mass is 10.2. The third-order valence-electron chi connectivity index (χ3n) is 2.93. The molecular formula is C13H23N3O2. The summed E-state index contributed by atoms with van der Waals surface area (Å²) < 4.78 is 5.36. The molecule has 1 amide bonds. The first-order valence-electron chi connectivity index (χ1n) is 6.42. The number of ether oxygens (including phenoxy) is 1. The summed E-state index contributed by atoms with van der Waals surface area (Å²) in [5.74, 6) is 0. The summed E-state index contributed by atoms with van der Waals surface area (Å²) >= 11 is 0. The molecule has 1 heterocycles. The molecule has 5 heteroatoms. The lowest BCUT2D eigenvalue weighted by Crippen LogP contribution is -2.54. The van der Waals surface area contributed by atoms with Gasteiger partial charge < -0.3 is 9.64 Å². The van der Waals surface area contributed by atoms with Crippen molar-refractivity contribution in [3.8, 4) is 6.07 Å². The van der Waals surface area contributed by atoms with E-state index in [0.29, 0.717) is 19.5 Å². The van der Waals surface area contributed by atoms with Crippen LogP contribution in [0.4, 0.5) is 4.79 Å². The van der Waals surface area contributed by atoms with E-state index in [2.05, 4.69) is 17.9 Å². The van der Waals surface area contributed by atoms with Crippen LogP contribution in [-0.4, -0.2) is 53.7 Å². The molecule has 5 nitrogen and oxygen atoms in total. The van der Waals surface area contributed by atoms with Gasteiger partial charge in [-0.15, -0.1) is 0 Å². The number of carbonyl (C=O) groups excluding carboxylic acids is 1. The summed E-state index contributed by atoms with van der Waals surface area (Å²) in [5, 5.41) is 8.59. The number of hydrogen-bond donors (Lipinski definition) is 0. The standard InChI is InChI=1S/C13H23N3O2/c1-11-10-16(12(17)18-13(2,3)4)9-8-15(11)7-5-6-14/h11H,5,7-10H2,1-4H3/t11-/m1/s1. The van der Waals surface area contributed by atoms with Gasteiger partial charge in [-0.2, -0.15) is 5.26 Å². The van der Waals surface area contributed by atoms with Gasteiger partial charge in [0.15, 0.2) is 0 Å². The molecule has 1 aliphatic heterocycles. The van der Waals surface area contributed by atoms with Gasteiger partial charge in [-0.25, -0.2) is 4.79 Å². The third kappa shape index (κ3) is 4.53. The van der Waals surface area contributed by atoms with E-state index in [4.69, 9.17) is 10.00 Å². The number of carbonyl (C=O) groups is 1. The highest BCUT2D eigenvalue weighted by Crippen LogP contribution is 2.14. The van der Waals surface area contributed by atoms with E-state index < -0.39 is 5.60 Å². The molecule has 0 aromatic rings. The smallest absolute Gasteiger partial charge is 0.410 e. The Kier molecular flexibility index (Phi) is 4.97. The van der Waals surface area contributed by atoms with Crippen molar-refractivity contribution in [2.24, 2.45) is 0 Å². The van der Waals surface area contributed by atoms with Crippen molar-refractivity contribution < 1.29 is 9.53 Å². The monoisotopic (exact) mass is 253 g/mol. The zero-order valence-electron chi connectivity index (χ0n) is 11.8. The maximum atomic E-state index is 11.9. The van der Waals surface area contributed by atoms with Gasteiger partial charge in [-0.05, 0) is 27.7 Å². The fraction of sp³-hybridized carbons (Fsp3) is 0.846. The molecule has 1 saturated heterocycles.